The van der Waals surface area contributed by atoms with Crippen LogP contribution < -0.4 is 10.1 Å². The maximum absolute atomic E-state index is 10.8. The van der Waals surface area contributed by atoms with Gasteiger partial charge in [-0.05, 0) is 48.7 Å². The van der Waals surface area contributed by atoms with E-state index in [1.807, 2.05) is 25.1 Å². The van der Waals surface area contributed by atoms with Crippen LogP contribution in [0.3, 0.4) is 0 Å². The molecule has 0 spiro atoms. The number of halogens is 1. The Labute approximate surface area is 186 Å². The SMILES string of the molecule is CC(Cc1ccc(OCP(=O)(O)O)cc1)NCC(O)c1cccc(Cl)c1.[NaH]. The molecule has 0 aliphatic carbocycles. The van der Waals surface area contributed by atoms with Crippen molar-refractivity contribution in [2.45, 2.75) is 25.5 Å². The molecule has 0 heterocycles. The fourth-order valence-electron chi connectivity index (χ4n) is 2.45. The topological polar surface area (TPSA) is 99.0 Å². The number of nitrogens with one attached hydrogen (secondary N) is 1. The molecular weight excluding hydrogens is 400 g/mol. The molecule has 0 amide bonds. The van der Waals surface area contributed by atoms with Gasteiger partial charge in [0.25, 0.3) is 0 Å². The second kappa shape index (κ2) is 11.6. The van der Waals surface area contributed by atoms with Crippen molar-refractivity contribution in [3.63, 3.8) is 0 Å². The van der Waals surface area contributed by atoms with Crippen molar-refractivity contribution in [1.29, 1.82) is 0 Å². The first kappa shape index (κ1) is 24.6. The third-order valence-corrected chi connectivity index (χ3v) is 4.46. The molecule has 2 aromatic carbocycles. The summed E-state index contributed by atoms with van der Waals surface area (Å²) in [5, 5.41) is 14.1. The molecule has 0 saturated carbocycles. The Kier molecular flexibility index (Phi) is 10.6. The molecule has 144 valence electrons. The van der Waals surface area contributed by atoms with E-state index in [1.165, 1.54) is 0 Å². The van der Waals surface area contributed by atoms with Crippen LogP contribution in [0.25, 0.3) is 0 Å². The standard InChI is InChI=1S/C18H23ClNO5P.Na.H/c1-13(20-11-18(21)15-3-2-4-16(19)10-15)9-14-5-7-17(8-6-14)25-12-26(22,23)24;;/h2-8,10,13,18,20-21H,9,11-12H2,1H3,(H2,22,23,24);;. The summed E-state index contributed by atoms with van der Waals surface area (Å²) in [6.45, 7) is 2.42. The number of ether oxygens (including phenoxy) is 1. The van der Waals surface area contributed by atoms with Gasteiger partial charge in [0.15, 0.2) is 6.35 Å². The van der Waals surface area contributed by atoms with Gasteiger partial charge in [0.2, 0.25) is 0 Å². The number of aliphatic hydroxyl groups excluding tert-OH is 1. The summed E-state index contributed by atoms with van der Waals surface area (Å²) in [6, 6.07) is 14.3. The second-order valence-electron chi connectivity index (χ2n) is 6.17. The van der Waals surface area contributed by atoms with Gasteiger partial charge in [0, 0.05) is 17.6 Å². The molecule has 27 heavy (non-hydrogen) atoms. The van der Waals surface area contributed by atoms with E-state index in [4.69, 9.17) is 26.1 Å². The van der Waals surface area contributed by atoms with Crippen molar-refractivity contribution in [1.82, 2.24) is 5.32 Å². The van der Waals surface area contributed by atoms with E-state index in [9.17, 15) is 9.67 Å². The molecule has 0 aromatic heterocycles. The molecular formula is C18H24ClNNaO5P. The summed E-state index contributed by atoms with van der Waals surface area (Å²) in [6.07, 6.45) is -0.535. The van der Waals surface area contributed by atoms with Crippen LogP contribution in [0.15, 0.2) is 48.5 Å². The molecule has 2 unspecified atom stereocenters. The van der Waals surface area contributed by atoms with Gasteiger partial charge in [-0.15, -0.1) is 0 Å². The third kappa shape index (κ3) is 9.57. The molecule has 2 atom stereocenters. The van der Waals surface area contributed by atoms with E-state index < -0.39 is 20.0 Å². The summed E-state index contributed by atoms with van der Waals surface area (Å²) in [4.78, 5) is 17.6. The zero-order chi connectivity index (χ0) is 19.2. The molecule has 9 heteroatoms. The van der Waals surface area contributed by atoms with E-state index in [2.05, 4.69) is 5.32 Å². The van der Waals surface area contributed by atoms with Gasteiger partial charge < -0.3 is 24.9 Å². The Morgan fingerprint density at radius 3 is 2.44 bits per heavy atom. The minimum atomic E-state index is -4.18. The average molecular weight is 424 g/mol. The van der Waals surface area contributed by atoms with E-state index in [-0.39, 0.29) is 35.6 Å². The van der Waals surface area contributed by atoms with E-state index in [0.717, 1.165) is 17.5 Å². The molecule has 0 bridgehead atoms. The van der Waals surface area contributed by atoms with E-state index in [0.29, 0.717) is 17.3 Å². The first-order valence-electron chi connectivity index (χ1n) is 8.16. The van der Waals surface area contributed by atoms with Crippen molar-refractivity contribution in [3.05, 3.63) is 64.7 Å². The summed E-state index contributed by atoms with van der Waals surface area (Å²) < 4.78 is 15.8. The summed E-state index contributed by atoms with van der Waals surface area (Å²) in [5.41, 5.74) is 1.81. The number of rotatable bonds is 9. The van der Waals surface area contributed by atoms with Gasteiger partial charge in [-0.25, -0.2) is 0 Å². The molecule has 0 fully saturated rings. The van der Waals surface area contributed by atoms with Crippen LogP contribution in [-0.4, -0.2) is 63.4 Å². The van der Waals surface area contributed by atoms with Crippen LogP contribution >= 0.6 is 19.2 Å². The molecule has 6 nitrogen and oxygen atoms in total. The molecule has 2 aromatic rings. The van der Waals surface area contributed by atoms with E-state index in [1.54, 1.807) is 30.3 Å². The Morgan fingerprint density at radius 1 is 1.19 bits per heavy atom. The Morgan fingerprint density at radius 2 is 1.85 bits per heavy atom. The van der Waals surface area contributed by atoms with Crippen LogP contribution in [0.4, 0.5) is 0 Å². The van der Waals surface area contributed by atoms with Gasteiger partial charge in [0.1, 0.15) is 5.75 Å². The Balaban J connectivity index is 0.00000364. The quantitative estimate of drug-likeness (QED) is 0.365. The molecule has 0 radical (unpaired) electrons. The van der Waals surface area contributed by atoms with Gasteiger partial charge in [-0.3, -0.25) is 4.57 Å². The van der Waals surface area contributed by atoms with Crippen molar-refractivity contribution in [2.24, 2.45) is 0 Å². The molecule has 0 aliphatic rings. The van der Waals surface area contributed by atoms with Crippen LogP contribution in [0.1, 0.15) is 24.2 Å². The van der Waals surface area contributed by atoms with Gasteiger partial charge in [0.05, 0.1) is 6.10 Å². The number of hydrogen-bond acceptors (Lipinski definition) is 4. The Hall–Kier alpha value is -0.400. The normalized spacial score (nSPS) is 13.5. The minimum absolute atomic E-state index is 0. The predicted molar refractivity (Wildman–Crippen MR) is 109 cm³/mol. The van der Waals surface area contributed by atoms with Crippen LogP contribution in [0.2, 0.25) is 5.02 Å². The summed E-state index contributed by atoms with van der Waals surface area (Å²) in [5.74, 6) is 0.411. The second-order valence-corrected chi connectivity index (χ2v) is 8.19. The fourth-order valence-corrected chi connectivity index (χ4v) is 2.97. The van der Waals surface area contributed by atoms with Crippen LogP contribution in [-0.2, 0) is 11.0 Å². The van der Waals surface area contributed by atoms with Crippen molar-refractivity contribution >= 4 is 48.8 Å². The molecule has 4 N–H and O–H groups in total. The van der Waals surface area contributed by atoms with Gasteiger partial charge in [-0.1, -0.05) is 35.9 Å². The van der Waals surface area contributed by atoms with Crippen LogP contribution in [0, 0.1) is 0 Å². The zero-order valence-corrected chi connectivity index (χ0v) is 16.0. The average Bonchev–Trinajstić information content (AvgIpc) is 2.58. The van der Waals surface area contributed by atoms with Gasteiger partial charge in [-0.2, -0.15) is 0 Å². The van der Waals surface area contributed by atoms with Crippen molar-refractivity contribution < 1.29 is 24.2 Å². The first-order chi connectivity index (χ1) is 12.2. The monoisotopic (exact) mass is 423 g/mol. The molecule has 0 saturated heterocycles. The summed E-state index contributed by atoms with van der Waals surface area (Å²) >= 11 is 5.93. The Bertz CT molecular complexity index is 756. The summed E-state index contributed by atoms with van der Waals surface area (Å²) in [7, 11) is -4.18. The molecule has 2 rings (SSSR count). The van der Waals surface area contributed by atoms with Crippen molar-refractivity contribution in [2.75, 3.05) is 12.9 Å². The molecule has 0 aliphatic heterocycles. The number of aliphatic hydroxyl groups is 1. The van der Waals surface area contributed by atoms with Crippen LogP contribution in [0.5, 0.6) is 5.75 Å². The fraction of sp³-hybridized carbons (Fsp3) is 0.333. The third-order valence-electron chi connectivity index (χ3n) is 3.76. The predicted octanol–water partition coefficient (Wildman–Crippen LogP) is 2.46. The first-order valence-corrected chi connectivity index (χ1v) is 10.3. The number of hydrogen-bond donors (Lipinski definition) is 4. The van der Waals surface area contributed by atoms with Crippen molar-refractivity contribution in [3.8, 4) is 5.75 Å². The number of benzene rings is 2. The van der Waals surface area contributed by atoms with Gasteiger partial charge >= 0.3 is 37.2 Å². The zero-order valence-electron chi connectivity index (χ0n) is 14.4. The maximum atomic E-state index is 10.8. The van der Waals surface area contributed by atoms with E-state index >= 15 is 0 Å².